The van der Waals surface area contributed by atoms with Crippen LogP contribution in [0.1, 0.15) is 27.7 Å². The van der Waals surface area contributed by atoms with E-state index in [-0.39, 0.29) is 28.7 Å². The van der Waals surface area contributed by atoms with Gasteiger partial charge in [0, 0.05) is 25.7 Å². The van der Waals surface area contributed by atoms with E-state index < -0.39 is 5.60 Å². The minimum Gasteiger partial charge on any atom is -0.444 e. The van der Waals surface area contributed by atoms with Gasteiger partial charge < -0.3 is 9.64 Å². The van der Waals surface area contributed by atoms with Gasteiger partial charge in [-0.25, -0.2) is 9.80 Å². The van der Waals surface area contributed by atoms with Gasteiger partial charge in [-0.3, -0.25) is 5.43 Å². The fourth-order valence-corrected chi connectivity index (χ4v) is 2.53. The first kappa shape index (κ1) is 18.9. The Morgan fingerprint density at radius 2 is 1.83 bits per heavy atom. The molecule has 1 saturated heterocycles. The van der Waals surface area contributed by atoms with Crippen LogP contribution >= 0.6 is 23.2 Å². The molecule has 0 aliphatic carbocycles. The number of anilines is 1. The molecule has 1 unspecified atom stereocenters. The fraction of sp³-hybridized carbons (Fsp3) is 0.692. The summed E-state index contributed by atoms with van der Waals surface area (Å²) in [5, 5.41) is 1.90. The summed E-state index contributed by atoms with van der Waals surface area (Å²) in [5.41, 5.74) is 5.26. The van der Waals surface area contributed by atoms with Gasteiger partial charge in [-0.1, -0.05) is 0 Å². The van der Waals surface area contributed by atoms with Gasteiger partial charge in [0.2, 0.25) is 16.5 Å². The van der Waals surface area contributed by atoms with Crippen LogP contribution in [-0.2, 0) is 4.74 Å². The minimum absolute atomic E-state index is 0.00223. The largest absolute Gasteiger partial charge is 0.444 e. The highest BCUT2D eigenvalue weighted by atomic mass is 35.5. The second-order valence-corrected chi connectivity index (χ2v) is 7.08. The molecule has 2 N–H and O–H groups in total. The lowest BCUT2D eigenvalue weighted by Crippen LogP contribution is -2.59. The number of nitrogens with one attached hydrogen (secondary N) is 2. The van der Waals surface area contributed by atoms with E-state index in [0.717, 1.165) is 0 Å². The van der Waals surface area contributed by atoms with Crippen LogP contribution in [0.15, 0.2) is 0 Å². The van der Waals surface area contributed by atoms with E-state index in [9.17, 15) is 4.79 Å². The third-order valence-corrected chi connectivity index (χ3v) is 3.50. The number of carbonyl (C=O) groups is 1. The molecule has 134 valence electrons. The Balaban J connectivity index is 1.85. The first-order valence-electron chi connectivity index (χ1n) is 7.47. The van der Waals surface area contributed by atoms with E-state index >= 15 is 0 Å². The minimum atomic E-state index is -0.509. The Labute approximate surface area is 150 Å². The Hall–Kier alpha value is -1.42. The lowest BCUT2D eigenvalue weighted by atomic mass is 10.2. The summed E-state index contributed by atoms with van der Waals surface area (Å²) in [7, 11) is 0. The number of ether oxygens (including phenoxy) is 1. The number of amides is 1. The number of rotatable bonds is 3. The van der Waals surface area contributed by atoms with Crippen LogP contribution in [0.5, 0.6) is 0 Å². The Bertz CT molecular complexity index is 576. The summed E-state index contributed by atoms with van der Waals surface area (Å²) in [6.07, 6.45) is -0.307. The normalized spacial score (nSPS) is 19.2. The van der Waals surface area contributed by atoms with Crippen LogP contribution in [0.25, 0.3) is 0 Å². The first-order valence-corrected chi connectivity index (χ1v) is 8.23. The van der Waals surface area contributed by atoms with E-state index in [1.54, 1.807) is 4.90 Å². The predicted molar refractivity (Wildman–Crippen MR) is 90.6 cm³/mol. The van der Waals surface area contributed by atoms with Crippen molar-refractivity contribution in [1.82, 2.24) is 30.4 Å². The molecule has 1 aromatic heterocycles. The highest BCUT2D eigenvalue weighted by Crippen LogP contribution is 2.15. The molecule has 0 radical (unpaired) electrons. The van der Waals surface area contributed by atoms with Gasteiger partial charge in [0.25, 0.3) is 0 Å². The topological polar surface area (TPSA) is 95.5 Å². The summed E-state index contributed by atoms with van der Waals surface area (Å²) in [6.45, 7) is 9.23. The van der Waals surface area contributed by atoms with E-state index in [1.165, 1.54) is 0 Å². The molecular weight excluding hydrogens is 357 g/mol. The zero-order valence-corrected chi connectivity index (χ0v) is 15.5. The number of hydrogen-bond donors (Lipinski definition) is 2. The fourth-order valence-electron chi connectivity index (χ4n) is 2.16. The highest BCUT2D eigenvalue weighted by Gasteiger charge is 2.30. The molecule has 1 aromatic rings. The molecule has 0 spiro atoms. The number of hydrazine groups is 2. The Morgan fingerprint density at radius 3 is 2.38 bits per heavy atom. The van der Waals surface area contributed by atoms with Gasteiger partial charge in [-0.2, -0.15) is 20.5 Å². The van der Waals surface area contributed by atoms with E-state index in [1.807, 2.05) is 32.7 Å². The monoisotopic (exact) mass is 377 g/mol. The van der Waals surface area contributed by atoms with Crippen molar-refractivity contribution in [2.24, 2.45) is 0 Å². The molecule has 11 heteroatoms. The zero-order chi connectivity index (χ0) is 17.9. The standard InChI is InChI=1S/C13H21Cl2N7O2/c1-8-7-21(5-6-22(8)12(23)24-13(2,3)4)20-19-11-17-9(14)16-10(15)18-11/h8,20H,5-7H2,1-4H3,(H,16,17,18,19). The molecule has 1 aliphatic heterocycles. The van der Waals surface area contributed by atoms with Gasteiger partial charge in [-0.05, 0) is 50.9 Å². The van der Waals surface area contributed by atoms with Gasteiger partial charge in [0.15, 0.2) is 0 Å². The van der Waals surface area contributed by atoms with Crippen LogP contribution in [0.3, 0.4) is 0 Å². The Morgan fingerprint density at radius 1 is 1.21 bits per heavy atom. The van der Waals surface area contributed by atoms with E-state index in [0.29, 0.717) is 19.6 Å². The van der Waals surface area contributed by atoms with Crippen molar-refractivity contribution in [2.45, 2.75) is 39.3 Å². The van der Waals surface area contributed by atoms with Crippen LogP contribution in [0, 0.1) is 0 Å². The molecule has 0 bridgehead atoms. The van der Waals surface area contributed by atoms with Crippen molar-refractivity contribution in [2.75, 3.05) is 25.1 Å². The average molecular weight is 378 g/mol. The quantitative estimate of drug-likeness (QED) is 0.771. The van der Waals surface area contributed by atoms with Crippen LogP contribution in [-0.4, -0.2) is 62.2 Å². The summed E-state index contributed by atoms with van der Waals surface area (Å²) in [5.74, 6) is 0.210. The van der Waals surface area contributed by atoms with Crippen molar-refractivity contribution in [1.29, 1.82) is 0 Å². The third kappa shape index (κ3) is 5.59. The molecule has 1 amide bonds. The molecule has 1 atom stereocenters. The summed E-state index contributed by atoms with van der Waals surface area (Å²) < 4.78 is 5.41. The van der Waals surface area contributed by atoms with Crippen molar-refractivity contribution < 1.29 is 9.53 Å². The van der Waals surface area contributed by atoms with Gasteiger partial charge in [0.1, 0.15) is 5.60 Å². The second kappa shape index (κ2) is 7.64. The highest BCUT2D eigenvalue weighted by molar-refractivity contribution is 6.31. The van der Waals surface area contributed by atoms with Crippen LogP contribution in [0.2, 0.25) is 10.6 Å². The summed E-state index contributed by atoms with van der Waals surface area (Å²) >= 11 is 11.4. The van der Waals surface area contributed by atoms with E-state index in [4.69, 9.17) is 27.9 Å². The maximum atomic E-state index is 12.2. The molecule has 24 heavy (non-hydrogen) atoms. The van der Waals surface area contributed by atoms with E-state index in [2.05, 4.69) is 25.9 Å². The number of nitrogens with zero attached hydrogens (tertiary/aromatic N) is 5. The number of aromatic nitrogens is 3. The van der Waals surface area contributed by atoms with Crippen molar-refractivity contribution in [3.8, 4) is 0 Å². The van der Waals surface area contributed by atoms with Gasteiger partial charge in [0.05, 0.1) is 0 Å². The summed E-state index contributed by atoms with van der Waals surface area (Å²) in [6, 6.07) is -0.0200. The SMILES string of the molecule is CC1CN(NNc2nc(Cl)nc(Cl)n2)CCN1C(=O)OC(C)(C)C. The molecule has 1 aliphatic rings. The molecule has 0 saturated carbocycles. The number of hydrogen-bond acceptors (Lipinski definition) is 8. The molecule has 9 nitrogen and oxygen atoms in total. The smallest absolute Gasteiger partial charge is 0.410 e. The molecule has 1 fully saturated rings. The maximum absolute atomic E-state index is 12.2. The van der Waals surface area contributed by atoms with Crippen molar-refractivity contribution in [3.63, 3.8) is 0 Å². The maximum Gasteiger partial charge on any atom is 0.410 e. The Kier molecular flexibility index (Phi) is 6.02. The lowest BCUT2D eigenvalue weighted by molar-refractivity contribution is -0.00446. The zero-order valence-electron chi connectivity index (χ0n) is 14.0. The number of halogens is 2. The third-order valence-electron chi connectivity index (χ3n) is 3.16. The van der Waals surface area contributed by atoms with Gasteiger partial charge in [-0.15, -0.1) is 0 Å². The second-order valence-electron chi connectivity index (χ2n) is 6.40. The predicted octanol–water partition coefficient (Wildman–Crippen LogP) is 1.95. The first-order chi connectivity index (χ1) is 11.1. The number of carbonyl (C=O) groups excluding carboxylic acids is 1. The van der Waals surface area contributed by atoms with Crippen molar-refractivity contribution >= 4 is 35.2 Å². The van der Waals surface area contributed by atoms with Crippen LogP contribution in [0.4, 0.5) is 10.7 Å². The average Bonchev–Trinajstić information content (AvgIpc) is 2.42. The molecule has 2 heterocycles. The molecule has 0 aromatic carbocycles. The summed E-state index contributed by atoms with van der Waals surface area (Å²) in [4.78, 5) is 25.3. The van der Waals surface area contributed by atoms with Crippen LogP contribution < -0.4 is 11.0 Å². The molecule has 2 rings (SSSR count). The molecular formula is C13H21Cl2N7O2. The van der Waals surface area contributed by atoms with Gasteiger partial charge >= 0.3 is 6.09 Å². The number of piperazine rings is 1. The van der Waals surface area contributed by atoms with Crippen molar-refractivity contribution in [3.05, 3.63) is 10.6 Å². The lowest BCUT2D eigenvalue weighted by Gasteiger charge is -2.40.